The van der Waals surface area contributed by atoms with Gasteiger partial charge in [0.2, 0.25) is 5.91 Å². The molecule has 9 heteroatoms. The first-order valence-corrected chi connectivity index (χ1v) is 9.21. The molecule has 4 atom stereocenters. The lowest BCUT2D eigenvalue weighted by Crippen LogP contribution is -2.40. The van der Waals surface area contributed by atoms with Gasteiger partial charge in [0, 0.05) is 13.1 Å². The standard InChI is InChI=1S/C20H24N2O7/c1-27-13-6-4-12(5-7-13)10-21-17(23)9-15-18(24)19(25)16(29-15)11-22-20(26)14-3-2-8-28-14/h2-8,15-16,18-19,24-25H,9-11H2,1H3,(H,21,23)(H,22,26)/t15-,16-,18-,19-/m1/s1. The molecule has 9 nitrogen and oxygen atoms in total. The van der Waals surface area contributed by atoms with E-state index in [2.05, 4.69) is 10.6 Å². The van der Waals surface area contributed by atoms with Crippen LogP contribution in [0, 0.1) is 0 Å². The van der Waals surface area contributed by atoms with Gasteiger partial charge in [-0.3, -0.25) is 9.59 Å². The van der Waals surface area contributed by atoms with E-state index < -0.39 is 30.3 Å². The number of aliphatic hydroxyl groups excluding tert-OH is 2. The molecule has 1 aliphatic rings. The molecule has 0 bridgehead atoms. The number of methoxy groups -OCH3 is 1. The molecule has 4 N–H and O–H groups in total. The lowest BCUT2D eigenvalue weighted by molar-refractivity contribution is -0.125. The van der Waals surface area contributed by atoms with E-state index in [-0.39, 0.29) is 24.6 Å². The second-order valence-electron chi connectivity index (χ2n) is 6.71. The number of furan rings is 1. The van der Waals surface area contributed by atoms with E-state index in [1.807, 2.05) is 12.1 Å². The van der Waals surface area contributed by atoms with E-state index in [9.17, 15) is 19.8 Å². The fourth-order valence-electron chi connectivity index (χ4n) is 3.05. The molecule has 156 valence electrons. The van der Waals surface area contributed by atoms with Gasteiger partial charge in [0.15, 0.2) is 5.76 Å². The van der Waals surface area contributed by atoms with Gasteiger partial charge in [-0.2, -0.15) is 0 Å². The second kappa shape index (κ2) is 9.55. The van der Waals surface area contributed by atoms with Crippen molar-refractivity contribution in [1.29, 1.82) is 0 Å². The highest BCUT2D eigenvalue weighted by Crippen LogP contribution is 2.23. The van der Waals surface area contributed by atoms with Gasteiger partial charge >= 0.3 is 0 Å². The zero-order valence-electron chi connectivity index (χ0n) is 15.9. The summed E-state index contributed by atoms with van der Waals surface area (Å²) in [6, 6.07) is 10.3. The predicted molar refractivity (Wildman–Crippen MR) is 101 cm³/mol. The number of ether oxygens (including phenoxy) is 2. The molecule has 2 aromatic rings. The van der Waals surface area contributed by atoms with Crippen LogP contribution in [-0.4, -0.2) is 60.1 Å². The summed E-state index contributed by atoms with van der Waals surface area (Å²) in [6.07, 6.45) is -2.88. The number of hydrogen-bond donors (Lipinski definition) is 4. The van der Waals surface area contributed by atoms with Gasteiger partial charge in [0.25, 0.3) is 5.91 Å². The summed E-state index contributed by atoms with van der Waals surface area (Å²) in [5, 5.41) is 25.6. The number of amides is 2. The third-order valence-corrected chi connectivity index (χ3v) is 4.71. The Morgan fingerprint density at radius 2 is 1.79 bits per heavy atom. The van der Waals surface area contributed by atoms with Crippen molar-refractivity contribution in [2.45, 2.75) is 37.4 Å². The molecule has 1 fully saturated rings. The van der Waals surface area contributed by atoms with Crippen LogP contribution in [0.25, 0.3) is 0 Å². The second-order valence-corrected chi connectivity index (χ2v) is 6.71. The maximum Gasteiger partial charge on any atom is 0.287 e. The number of nitrogens with one attached hydrogen (secondary N) is 2. The van der Waals surface area contributed by atoms with Gasteiger partial charge in [-0.1, -0.05) is 12.1 Å². The normalized spacial score (nSPS) is 23.6. The maximum absolute atomic E-state index is 12.2. The monoisotopic (exact) mass is 404 g/mol. The molecule has 1 aliphatic heterocycles. The first-order valence-electron chi connectivity index (χ1n) is 9.21. The fourth-order valence-corrected chi connectivity index (χ4v) is 3.05. The van der Waals surface area contributed by atoms with Crippen molar-refractivity contribution in [1.82, 2.24) is 10.6 Å². The molecule has 1 saturated heterocycles. The summed E-state index contributed by atoms with van der Waals surface area (Å²) >= 11 is 0. The molecule has 0 spiro atoms. The van der Waals surface area contributed by atoms with Crippen LogP contribution in [0.3, 0.4) is 0 Å². The molecule has 0 saturated carbocycles. The van der Waals surface area contributed by atoms with E-state index in [4.69, 9.17) is 13.9 Å². The number of carbonyl (C=O) groups excluding carboxylic acids is 2. The molecule has 2 heterocycles. The zero-order valence-corrected chi connectivity index (χ0v) is 15.9. The van der Waals surface area contributed by atoms with Crippen molar-refractivity contribution in [2.75, 3.05) is 13.7 Å². The Morgan fingerprint density at radius 1 is 1.07 bits per heavy atom. The third-order valence-electron chi connectivity index (χ3n) is 4.71. The highest BCUT2D eigenvalue weighted by atomic mass is 16.5. The van der Waals surface area contributed by atoms with Crippen LogP contribution < -0.4 is 15.4 Å². The van der Waals surface area contributed by atoms with Crippen LogP contribution in [0.15, 0.2) is 47.1 Å². The first kappa shape index (κ1) is 20.8. The molecular formula is C20H24N2O7. The highest BCUT2D eigenvalue weighted by Gasteiger charge is 2.43. The average Bonchev–Trinajstić information content (AvgIpc) is 3.36. The lowest BCUT2D eigenvalue weighted by atomic mass is 10.1. The highest BCUT2D eigenvalue weighted by molar-refractivity contribution is 5.91. The fraction of sp³-hybridized carbons (Fsp3) is 0.400. The Labute approximate surface area is 167 Å². The largest absolute Gasteiger partial charge is 0.497 e. The van der Waals surface area contributed by atoms with Crippen LogP contribution in [0.4, 0.5) is 0 Å². The van der Waals surface area contributed by atoms with Crippen molar-refractivity contribution in [3.63, 3.8) is 0 Å². The number of carbonyl (C=O) groups is 2. The summed E-state index contributed by atoms with van der Waals surface area (Å²) in [6.45, 7) is 0.290. The predicted octanol–water partition coefficient (Wildman–Crippen LogP) is 0.214. The van der Waals surface area contributed by atoms with Gasteiger partial charge < -0.3 is 34.7 Å². The quantitative estimate of drug-likeness (QED) is 0.495. The van der Waals surface area contributed by atoms with Crippen molar-refractivity contribution >= 4 is 11.8 Å². The van der Waals surface area contributed by atoms with E-state index in [0.29, 0.717) is 6.54 Å². The SMILES string of the molecule is COc1ccc(CNC(=O)C[C@H]2O[C@H](CNC(=O)c3ccco3)[C@@H](O)[C@@H]2O)cc1. The number of hydrogen-bond acceptors (Lipinski definition) is 7. The van der Waals surface area contributed by atoms with Crippen LogP contribution in [0.2, 0.25) is 0 Å². The Kier molecular flexibility index (Phi) is 6.86. The molecule has 29 heavy (non-hydrogen) atoms. The number of rotatable bonds is 8. The van der Waals surface area contributed by atoms with Crippen molar-refractivity contribution in [3.8, 4) is 5.75 Å². The van der Waals surface area contributed by atoms with Gasteiger partial charge in [-0.25, -0.2) is 0 Å². The number of benzene rings is 1. The van der Waals surface area contributed by atoms with E-state index in [1.54, 1.807) is 25.3 Å². The smallest absolute Gasteiger partial charge is 0.287 e. The lowest BCUT2D eigenvalue weighted by Gasteiger charge is -2.15. The summed E-state index contributed by atoms with van der Waals surface area (Å²) in [7, 11) is 1.58. The van der Waals surface area contributed by atoms with Crippen molar-refractivity contribution < 1.29 is 33.7 Å². The van der Waals surface area contributed by atoms with E-state index >= 15 is 0 Å². The van der Waals surface area contributed by atoms with Gasteiger partial charge in [0.05, 0.1) is 25.9 Å². The summed E-state index contributed by atoms with van der Waals surface area (Å²) in [5.74, 6) is 0.0764. The summed E-state index contributed by atoms with van der Waals surface area (Å²) < 4.78 is 15.7. The molecular weight excluding hydrogens is 380 g/mol. The third kappa shape index (κ3) is 5.35. The Hall–Kier alpha value is -2.88. The number of aliphatic hydroxyl groups is 2. The molecule has 0 radical (unpaired) electrons. The Morgan fingerprint density at radius 3 is 2.45 bits per heavy atom. The Bertz CT molecular complexity index is 807. The molecule has 1 aromatic heterocycles. The Balaban J connectivity index is 1.45. The van der Waals surface area contributed by atoms with Crippen LogP contribution >= 0.6 is 0 Å². The molecule has 0 aliphatic carbocycles. The average molecular weight is 404 g/mol. The minimum Gasteiger partial charge on any atom is -0.497 e. The van der Waals surface area contributed by atoms with Crippen molar-refractivity contribution in [2.24, 2.45) is 0 Å². The van der Waals surface area contributed by atoms with Gasteiger partial charge in [-0.15, -0.1) is 0 Å². The zero-order chi connectivity index (χ0) is 20.8. The van der Waals surface area contributed by atoms with Crippen LogP contribution in [0.5, 0.6) is 5.75 Å². The van der Waals surface area contributed by atoms with Gasteiger partial charge in [-0.05, 0) is 29.8 Å². The molecule has 2 amide bonds. The van der Waals surface area contributed by atoms with E-state index in [0.717, 1.165) is 11.3 Å². The summed E-state index contributed by atoms with van der Waals surface area (Å²) in [4.78, 5) is 24.1. The minimum atomic E-state index is -1.23. The van der Waals surface area contributed by atoms with E-state index in [1.165, 1.54) is 12.3 Å². The molecule has 3 rings (SSSR count). The van der Waals surface area contributed by atoms with Gasteiger partial charge in [0.1, 0.15) is 24.1 Å². The topological polar surface area (TPSA) is 130 Å². The maximum atomic E-state index is 12.2. The molecule has 0 unspecified atom stereocenters. The summed E-state index contributed by atoms with van der Waals surface area (Å²) in [5.41, 5.74) is 0.894. The minimum absolute atomic E-state index is 0.0261. The first-order chi connectivity index (χ1) is 14.0. The van der Waals surface area contributed by atoms with Crippen LogP contribution in [0.1, 0.15) is 22.5 Å². The molecule has 1 aromatic carbocycles. The van der Waals surface area contributed by atoms with Crippen LogP contribution in [-0.2, 0) is 16.1 Å². The van der Waals surface area contributed by atoms with Crippen molar-refractivity contribution in [3.05, 3.63) is 54.0 Å².